The smallest absolute Gasteiger partial charge is 0.0842 e. The Morgan fingerprint density at radius 3 is 1.55 bits per heavy atom. The molecule has 0 heterocycles. The molecule has 1 rings (SSSR count). The van der Waals surface area contributed by atoms with E-state index in [4.69, 9.17) is 15.3 Å². The van der Waals surface area contributed by atoms with Gasteiger partial charge in [-0.1, -0.05) is 30.3 Å². The fraction of sp³-hybridized carbons (Fsp3) is 0.625. The minimum Gasteiger partial charge on any atom is -0.396 e. The van der Waals surface area contributed by atoms with E-state index < -0.39 is 7.26 Å². The van der Waals surface area contributed by atoms with E-state index in [0.717, 1.165) is 43.9 Å². The van der Waals surface area contributed by atoms with Gasteiger partial charge >= 0.3 is 0 Å². The fourth-order valence-electron chi connectivity index (χ4n) is 2.76. The Bertz CT molecular complexity index is 321. The van der Waals surface area contributed by atoms with Crippen LogP contribution >= 0.6 is 7.26 Å². The van der Waals surface area contributed by atoms with Crippen molar-refractivity contribution in [2.24, 2.45) is 0 Å². The monoisotopic (exact) mass is 299 g/mol. The summed E-state index contributed by atoms with van der Waals surface area (Å²) in [4.78, 5) is 0. The van der Waals surface area contributed by atoms with Gasteiger partial charge in [0.2, 0.25) is 0 Å². The highest BCUT2D eigenvalue weighted by molar-refractivity contribution is 7.75. The van der Waals surface area contributed by atoms with Gasteiger partial charge in [-0.15, -0.1) is 0 Å². The molecule has 0 aromatic heterocycles. The lowest BCUT2D eigenvalue weighted by Gasteiger charge is -2.27. The lowest BCUT2D eigenvalue weighted by atomic mass is 10.2. The normalized spacial score (nSPS) is 11.8. The molecule has 0 saturated carbocycles. The van der Waals surface area contributed by atoms with E-state index in [0.29, 0.717) is 0 Å². The molecular formula is C16H28O3P+. The zero-order valence-electron chi connectivity index (χ0n) is 12.2. The Hall–Kier alpha value is -0.470. The maximum Gasteiger partial charge on any atom is 0.0842 e. The Labute approximate surface area is 123 Å². The maximum absolute atomic E-state index is 9.17. The number of hydrogen-bond donors (Lipinski definition) is 3. The van der Waals surface area contributed by atoms with Crippen molar-refractivity contribution in [1.82, 2.24) is 0 Å². The van der Waals surface area contributed by atoms with E-state index in [1.165, 1.54) is 5.56 Å². The van der Waals surface area contributed by atoms with E-state index in [1.54, 1.807) is 0 Å². The Morgan fingerprint density at radius 2 is 1.15 bits per heavy atom. The van der Waals surface area contributed by atoms with Crippen molar-refractivity contribution in [1.29, 1.82) is 0 Å². The highest BCUT2D eigenvalue weighted by Gasteiger charge is 2.35. The first-order chi connectivity index (χ1) is 9.76. The van der Waals surface area contributed by atoms with Gasteiger partial charge in [-0.05, 0) is 5.56 Å². The van der Waals surface area contributed by atoms with E-state index in [-0.39, 0.29) is 19.8 Å². The van der Waals surface area contributed by atoms with Crippen molar-refractivity contribution in [2.75, 3.05) is 38.3 Å². The molecule has 3 N–H and O–H groups in total. The first-order valence-electron chi connectivity index (χ1n) is 7.48. The van der Waals surface area contributed by atoms with Crippen molar-refractivity contribution in [3.05, 3.63) is 35.9 Å². The van der Waals surface area contributed by atoms with Crippen molar-refractivity contribution in [3.63, 3.8) is 0 Å². The number of benzene rings is 1. The average molecular weight is 299 g/mol. The van der Waals surface area contributed by atoms with Gasteiger partial charge in [0, 0.05) is 46.3 Å². The van der Waals surface area contributed by atoms with Crippen LogP contribution in [0.5, 0.6) is 0 Å². The van der Waals surface area contributed by atoms with Gasteiger partial charge in [0.1, 0.15) is 0 Å². The molecule has 0 aliphatic rings. The number of rotatable bonds is 11. The lowest BCUT2D eigenvalue weighted by Crippen LogP contribution is -2.14. The van der Waals surface area contributed by atoms with Crippen molar-refractivity contribution in [2.45, 2.75) is 25.4 Å². The third kappa shape index (κ3) is 6.32. The predicted molar refractivity (Wildman–Crippen MR) is 86.8 cm³/mol. The van der Waals surface area contributed by atoms with Crippen LogP contribution in [0.1, 0.15) is 24.8 Å². The van der Waals surface area contributed by atoms with E-state index in [1.807, 2.05) is 6.07 Å². The SMILES string of the molecule is OCCC[P+](CCCO)(CCCO)Cc1ccccc1. The fourth-order valence-corrected chi connectivity index (χ4v) is 7.33. The first-order valence-corrected chi connectivity index (χ1v) is 10.0. The molecule has 114 valence electrons. The molecular weight excluding hydrogens is 271 g/mol. The summed E-state index contributed by atoms with van der Waals surface area (Å²) in [5.41, 5.74) is 1.34. The molecule has 0 amide bonds. The predicted octanol–water partition coefficient (Wildman–Crippen LogP) is 2.35. The second-order valence-electron chi connectivity index (χ2n) is 5.39. The molecule has 0 aliphatic carbocycles. The van der Waals surface area contributed by atoms with Gasteiger partial charge in [0.05, 0.1) is 24.6 Å². The van der Waals surface area contributed by atoms with Crippen molar-refractivity contribution >= 4 is 7.26 Å². The summed E-state index contributed by atoms with van der Waals surface area (Å²) < 4.78 is 0. The van der Waals surface area contributed by atoms with Crippen LogP contribution in [0.4, 0.5) is 0 Å². The van der Waals surface area contributed by atoms with E-state index in [2.05, 4.69) is 24.3 Å². The number of aliphatic hydroxyl groups excluding tert-OH is 3. The van der Waals surface area contributed by atoms with E-state index >= 15 is 0 Å². The molecule has 0 aliphatic heterocycles. The summed E-state index contributed by atoms with van der Waals surface area (Å²) in [6, 6.07) is 10.5. The van der Waals surface area contributed by atoms with Gasteiger partial charge < -0.3 is 15.3 Å². The zero-order chi connectivity index (χ0) is 14.7. The van der Waals surface area contributed by atoms with Crippen LogP contribution in [-0.4, -0.2) is 53.6 Å². The molecule has 0 fully saturated rings. The molecule has 0 saturated heterocycles. The average Bonchev–Trinajstić information content (AvgIpc) is 2.49. The third-order valence-electron chi connectivity index (χ3n) is 3.73. The number of aliphatic hydroxyl groups is 3. The third-order valence-corrected chi connectivity index (χ3v) is 8.56. The Balaban J connectivity index is 2.81. The van der Waals surface area contributed by atoms with Gasteiger partial charge in [-0.25, -0.2) is 0 Å². The highest BCUT2D eigenvalue weighted by Crippen LogP contribution is 2.62. The van der Waals surface area contributed by atoms with Crippen LogP contribution in [0.25, 0.3) is 0 Å². The van der Waals surface area contributed by atoms with Crippen LogP contribution in [0.15, 0.2) is 30.3 Å². The summed E-state index contributed by atoms with van der Waals surface area (Å²) in [7, 11) is -1.25. The van der Waals surface area contributed by atoms with Crippen LogP contribution in [0, 0.1) is 0 Å². The van der Waals surface area contributed by atoms with Gasteiger partial charge in [0.25, 0.3) is 0 Å². The Morgan fingerprint density at radius 1 is 0.700 bits per heavy atom. The van der Waals surface area contributed by atoms with Crippen LogP contribution in [-0.2, 0) is 6.16 Å². The summed E-state index contributed by atoms with van der Waals surface area (Å²) in [6.45, 7) is 0.693. The minimum atomic E-state index is -1.25. The standard InChI is InChI=1S/C16H28O3P/c17-9-4-12-20(13-5-10-18,14-6-11-19)15-16-7-2-1-3-8-16/h1-3,7-8,17-19H,4-6,9-15H2/q+1. The number of hydrogen-bond acceptors (Lipinski definition) is 3. The van der Waals surface area contributed by atoms with Gasteiger partial charge in [-0.3, -0.25) is 0 Å². The van der Waals surface area contributed by atoms with Gasteiger partial charge in [0.15, 0.2) is 0 Å². The zero-order valence-corrected chi connectivity index (χ0v) is 13.1. The molecule has 0 bridgehead atoms. The quantitative estimate of drug-likeness (QED) is 0.550. The topological polar surface area (TPSA) is 60.7 Å². The van der Waals surface area contributed by atoms with Crippen LogP contribution in [0.2, 0.25) is 0 Å². The van der Waals surface area contributed by atoms with Crippen LogP contribution < -0.4 is 0 Å². The molecule has 1 aromatic carbocycles. The molecule has 1 aromatic rings. The minimum absolute atomic E-state index is 0.231. The van der Waals surface area contributed by atoms with Gasteiger partial charge in [-0.2, -0.15) is 0 Å². The summed E-state index contributed by atoms with van der Waals surface area (Å²) in [5.74, 6) is 0. The first kappa shape index (κ1) is 17.6. The molecule has 20 heavy (non-hydrogen) atoms. The summed E-state index contributed by atoms with van der Waals surface area (Å²) in [5, 5.41) is 27.5. The highest BCUT2D eigenvalue weighted by atomic mass is 31.2. The molecule has 0 unspecified atom stereocenters. The van der Waals surface area contributed by atoms with Crippen molar-refractivity contribution in [3.8, 4) is 0 Å². The molecule has 4 heteroatoms. The van der Waals surface area contributed by atoms with E-state index in [9.17, 15) is 0 Å². The van der Waals surface area contributed by atoms with Crippen LogP contribution in [0.3, 0.4) is 0 Å². The molecule has 3 nitrogen and oxygen atoms in total. The second-order valence-corrected chi connectivity index (χ2v) is 9.73. The molecule has 0 atom stereocenters. The Kier molecular flexibility index (Phi) is 9.04. The summed E-state index contributed by atoms with van der Waals surface area (Å²) >= 11 is 0. The largest absolute Gasteiger partial charge is 0.396 e. The summed E-state index contributed by atoms with van der Waals surface area (Å²) in [6.07, 6.45) is 6.72. The molecule has 0 spiro atoms. The molecule has 0 radical (unpaired) electrons. The lowest BCUT2D eigenvalue weighted by molar-refractivity contribution is 0.292. The van der Waals surface area contributed by atoms with Crippen molar-refractivity contribution < 1.29 is 15.3 Å². The maximum atomic E-state index is 9.17. The second kappa shape index (κ2) is 10.3.